The third-order valence-electron chi connectivity index (χ3n) is 7.41. The quantitative estimate of drug-likeness (QED) is 0.367. The smallest absolute Gasteiger partial charge is 0.342 e. The minimum absolute atomic E-state index is 0.0280. The van der Waals surface area contributed by atoms with Crippen LogP contribution in [-0.2, 0) is 14.3 Å². The summed E-state index contributed by atoms with van der Waals surface area (Å²) >= 11 is 0. The number of Topliss-reactive ketones (excluding diaryl/α,β-unsaturated/α-hetero) is 1. The van der Waals surface area contributed by atoms with E-state index in [1.165, 1.54) is 7.11 Å². The van der Waals surface area contributed by atoms with Gasteiger partial charge in [-0.3, -0.25) is 9.59 Å². The Kier molecular flexibility index (Phi) is 8.28. The van der Waals surface area contributed by atoms with E-state index in [9.17, 15) is 14.4 Å². The summed E-state index contributed by atoms with van der Waals surface area (Å²) in [6.07, 6.45) is 6.94. The highest BCUT2D eigenvalue weighted by molar-refractivity contribution is 5.99. The Bertz CT molecular complexity index is 1330. The van der Waals surface area contributed by atoms with Gasteiger partial charge >= 0.3 is 11.9 Å². The number of esters is 2. The molecule has 9 nitrogen and oxygen atoms in total. The van der Waals surface area contributed by atoms with E-state index in [-0.39, 0.29) is 17.8 Å². The minimum atomic E-state index is -0.536. The Morgan fingerprint density at radius 1 is 0.925 bits per heavy atom. The summed E-state index contributed by atoms with van der Waals surface area (Å²) in [6.45, 7) is 2.62. The highest BCUT2D eigenvalue weighted by Gasteiger charge is 2.37. The molecular formula is C31H34O9. The van der Waals surface area contributed by atoms with Crippen molar-refractivity contribution in [3.63, 3.8) is 0 Å². The molecular weight excluding hydrogens is 516 g/mol. The molecule has 0 saturated heterocycles. The van der Waals surface area contributed by atoms with Gasteiger partial charge in [0.15, 0.2) is 11.5 Å². The number of ketones is 1. The molecule has 3 heterocycles. The van der Waals surface area contributed by atoms with E-state index < -0.39 is 24.0 Å². The molecule has 0 N–H and O–H groups in total. The molecule has 0 amide bonds. The average molecular weight is 551 g/mol. The van der Waals surface area contributed by atoms with E-state index in [1.54, 1.807) is 19.3 Å². The highest BCUT2D eigenvalue weighted by Crippen LogP contribution is 2.50. The summed E-state index contributed by atoms with van der Waals surface area (Å²) in [5, 5.41) is 0. The summed E-state index contributed by atoms with van der Waals surface area (Å²) in [5.74, 6) is 0.890. The number of cyclic esters (lactones) is 1. The topological polar surface area (TPSA) is 107 Å². The standard InChI is InChI=1S/C31H34O9/c1-18-8-7-11-21(32)10-6-4-5-9-19-14-23-28(30(36-3)27(19)31(34)39-18)22(17-26(33)40-23)20-15-24(35-2)29-25(16-20)37-12-13-38-29/h5,9,14-16,18,22H,4,6-8,10-13,17H2,1-3H3/t18-,22?/m0/s1. The molecule has 0 radical (unpaired) electrons. The van der Waals surface area contributed by atoms with Gasteiger partial charge in [-0.15, -0.1) is 0 Å². The number of carbonyl (C=O) groups excluding carboxylic acids is 3. The fourth-order valence-corrected chi connectivity index (χ4v) is 5.49. The summed E-state index contributed by atoms with van der Waals surface area (Å²) in [6, 6.07) is 5.33. The fourth-order valence-electron chi connectivity index (χ4n) is 5.49. The van der Waals surface area contributed by atoms with Crippen molar-refractivity contribution in [1.82, 2.24) is 0 Å². The first-order valence-electron chi connectivity index (χ1n) is 13.7. The fraction of sp³-hybridized carbons (Fsp3) is 0.452. The summed E-state index contributed by atoms with van der Waals surface area (Å²) in [5.41, 5.74) is 2.10. The van der Waals surface area contributed by atoms with Crippen molar-refractivity contribution in [3.8, 4) is 28.7 Å². The van der Waals surface area contributed by atoms with Crippen LogP contribution in [0.1, 0.15) is 84.8 Å². The minimum Gasteiger partial charge on any atom is -0.495 e. The molecule has 0 aliphatic carbocycles. The second-order valence-electron chi connectivity index (χ2n) is 10.2. The Morgan fingerprint density at radius 3 is 2.52 bits per heavy atom. The molecule has 0 saturated carbocycles. The van der Waals surface area contributed by atoms with Gasteiger partial charge in [0.1, 0.15) is 36.1 Å². The van der Waals surface area contributed by atoms with Gasteiger partial charge in [0.25, 0.3) is 0 Å². The molecule has 2 aromatic carbocycles. The lowest BCUT2D eigenvalue weighted by Gasteiger charge is -2.30. The van der Waals surface area contributed by atoms with Crippen molar-refractivity contribution in [3.05, 3.63) is 46.5 Å². The molecule has 0 fully saturated rings. The van der Waals surface area contributed by atoms with Gasteiger partial charge < -0.3 is 28.4 Å². The maximum absolute atomic E-state index is 13.6. The van der Waals surface area contributed by atoms with Crippen LogP contribution >= 0.6 is 0 Å². The third kappa shape index (κ3) is 5.64. The lowest BCUT2D eigenvalue weighted by atomic mass is 9.83. The monoisotopic (exact) mass is 550 g/mol. The van der Waals surface area contributed by atoms with Gasteiger partial charge in [-0.25, -0.2) is 4.79 Å². The molecule has 1 unspecified atom stereocenters. The van der Waals surface area contributed by atoms with Crippen molar-refractivity contribution in [1.29, 1.82) is 0 Å². The second-order valence-corrected chi connectivity index (χ2v) is 10.2. The number of benzene rings is 2. The normalized spacial score (nSPS) is 21.3. The molecule has 0 spiro atoms. The zero-order valence-electron chi connectivity index (χ0n) is 23.1. The molecule has 2 aromatic rings. The molecule has 9 heteroatoms. The molecule has 3 aliphatic rings. The summed E-state index contributed by atoms with van der Waals surface area (Å²) in [4.78, 5) is 38.6. The maximum Gasteiger partial charge on any atom is 0.342 e. The summed E-state index contributed by atoms with van der Waals surface area (Å²) in [7, 11) is 3.04. The number of hydrogen-bond donors (Lipinski definition) is 0. The van der Waals surface area contributed by atoms with Gasteiger partial charge in [-0.1, -0.05) is 12.2 Å². The maximum atomic E-state index is 13.6. The SMILES string of the molecule is COc1cc(C2CC(=O)Oc3cc4c(c(OC)c32)C(=O)O[C@@H](C)CCCC(=O)CCCC=C4)cc2c1OCCO2. The Hall–Kier alpha value is -4.01. The van der Waals surface area contributed by atoms with E-state index in [0.29, 0.717) is 85.2 Å². The van der Waals surface area contributed by atoms with Crippen LogP contribution in [0.2, 0.25) is 0 Å². The first-order valence-corrected chi connectivity index (χ1v) is 13.7. The Balaban J connectivity index is 1.65. The zero-order chi connectivity index (χ0) is 28.2. The van der Waals surface area contributed by atoms with Crippen molar-refractivity contribution >= 4 is 23.8 Å². The van der Waals surface area contributed by atoms with Crippen LogP contribution in [0.25, 0.3) is 6.08 Å². The number of rotatable bonds is 3. The molecule has 40 heavy (non-hydrogen) atoms. The van der Waals surface area contributed by atoms with Crippen LogP contribution in [0.3, 0.4) is 0 Å². The van der Waals surface area contributed by atoms with E-state index in [0.717, 1.165) is 12.0 Å². The van der Waals surface area contributed by atoms with Crippen molar-refractivity contribution < 1.29 is 42.8 Å². The lowest BCUT2D eigenvalue weighted by molar-refractivity contribution is -0.135. The Labute approximate surface area is 233 Å². The third-order valence-corrected chi connectivity index (χ3v) is 7.41. The van der Waals surface area contributed by atoms with Crippen LogP contribution in [0.15, 0.2) is 24.3 Å². The number of carbonyl (C=O) groups is 3. The van der Waals surface area contributed by atoms with Crippen molar-refractivity contribution in [2.24, 2.45) is 0 Å². The number of hydrogen-bond acceptors (Lipinski definition) is 9. The van der Waals surface area contributed by atoms with Gasteiger partial charge in [-0.05, 0) is 61.9 Å². The molecule has 3 aliphatic heterocycles. The number of allylic oxidation sites excluding steroid dienone is 1. The number of ether oxygens (including phenoxy) is 6. The first-order chi connectivity index (χ1) is 19.4. The second kappa shape index (κ2) is 12.0. The first kappa shape index (κ1) is 27.6. The van der Waals surface area contributed by atoms with Gasteiger partial charge in [0.05, 0.1) is 26.7 Å². The molecule has 0 bridgehead atoms. The Morgan fingerprint density at radius 2 is 1.73 bits per heavy atom. The largest absolute Gasteiger partial charge is 0.495 e. The number of fused-ring (bicyclic) bond motifs is 3. The molecule has 5 rings (SSSR count). The zero-order valence-corrected chi connectivity index (χ0v) is 23.1. The van der Waals surface area contributed by atoms with Crippen molar-refractivity contribution in [2.45, 2.75) is 63.9 Å². The van der Waals surface area contributed by atoms with Crippen LogP contribution in [0.5, 0.6) is 28.7 Å². The molecule has 212 valence electrons. The molecule has 2 atom stereocenters. The highest BCUT2D eigenvalue weighted by atomic mass is 16.6. The van der Waals surface area contributed by atoms with E-state index >= 15 is 0 Å². The van der Waals surface area contributed by atoms with E-state index in [1.807, 2.05) is 25.1 Å². The van der Waals surface area contributed by atoms with Gasteiger partial charge in [0.2, 0.25) is 5.75 Å². The summed E-state index contributed by atoms with van der Waals surface area (Å²) < 4.78 is 34.6. The molecule has 0 aromatic heterocycles. The van der Waals surface area contributed by atoms with E-state index in [4.69, 9.17) is 28.4 Å². The van der Waals surface area contributed by atoms with Crippen LogP contribution in [-0.4, -0.2) is 51.3 Å². The predicted molar refractivity (Wildman–Crippen MR) is 146 cm³/mol. The lowest BCUT2D eigenvalue weighted by Crippen LogP contribution is -2.24. The number of methoxy groups -OCH3 is 2. The van der Waals surface area contributed by atoms with Gasteiger partial charge in [0, 0.05) is 24.3 Å². The van der Waals surface area contributed by atoms with E-state index in [2.05, 4.69) is 0 Å². The van der Waals surface area contributed by atoms with Crippen molar-refractivity contribution in [2.75, 3.05) is 27.4 Å². The van der Waals surface area contributed by atoms with Crippen LogP contribution in [0, 0.1) is 0 Å². The average Bonchev–Trinajstić information content (AvgIpc) is 2.94. The van der Waals surface area contributed by atoms with Crippen LogP contribution in [0.4, 0.5) is 0 Å². The van der Waals surface area contributed by atoms with Gasteiger partial charge in [-0.2, -0.15) is 0 Å². The predicted octanol–water partition coefficient (Wildman–Crippen LogP) is 5.40. The van der Waals surface area contributed by atoms with Crippen LogP contribution < -0.4 is 23.7 Å².